The molecular weight excluding hydrogens is 448 g/mol. The number of rotatable bonds is 5. The molecular formula is C23H19ClN4O3S. The minimum absolute atomic E-state index is 0.214. The molecule has 0 bridgehead atoms. The van der Waals surface area contributed by atoms with Gasteiger partial charge in [-0.2, -0.15) is 0 Å². The van der Waals surface area contributed by atoms with E-state index in [2.05, 4.69) is 15.6 Å². The van der Waals surface area contributed by atoms with Crippen LogP contribution in [0.15, 0.2) is 59.7 Å². The van der Waals surface area contributed by atoms with E-state index in [1.165, 1.54) is 10.9 Å². The predicted octanol–water partition coefficient (Wildman–Crippen LogP) is 4.62. The lowest BCUT2D eigenvalue weighted by molar-refractivity contribution is -0.116. The van der Waals surface area contributed by atoms with Gasteiger partial charge in [-0.25, -0.2) is 4.98 Å². The van der Waals surface area contributed by atoms with Crippen molar-refractivity contribution < 1.29 is 9.59 Å². The van der Waals surface area contributed by atoms with Crippen molar-refractivity contribution in [3.05, 3.63) is 86.2 Å². The minimum atomic E-state index is -0.381. The standard InChI is InChI=1S/C23H19ClN4O3S/c1-13-16(24)9-6-10-17(13)27-18(29)11-28-12-25-22-19(23(28)31)14(2)20(32-22)21(30)26-15-7-4-3-5-8-15/h3-10,12H,11H2,1-2H3,(H,26,30)(H,27,29). The number of carbonyl (C=O) groups is 2. The Labute approximate surface area is 192 Å². The Morgan fingerprint density at radius 3 is 2.53 bits per heavy atom. The third-order valence-corrected chi connectivity index (χ3v) is 6.62. The Morgan fingerprint density at radius 2 is 1.78 bits per heavy atom. The number of nitrogens with zero attached hydrogens (tertiary/aromatic N) is 2. The van der Waals surface area contributed by atoms with Crippen molar-refractivity contribution in [1.29, 1.82) is 0 Å². The van der Waals surface area contributed by atoms with Crippen LogP contribution in [0.2, 0.25) is 5.02 Å². The van der Waals surface area contributed by atoms with Gasteiger partial charge in [-0.05, 0) is 49.2 Å². The number of aromatic nitrogens is 2. The molecule has 2 N–H and O–H groups in total. The normalized spacial score (nSPS) is 10.8. The first kappa shape index (κ1) is 21.7. The molecule has 0 radical (unpaired) electrons. The maximum Gasteiger partial charge on any atom is 0.266 e. The number of hydrogen-bond donors (Lipinski definition) is 2. The number of para-hydroxylation sites is 1. The van der Waals surface area contributed by atoms with Crippen LogP contribution in [0.25, 0.3) is 10.2 Å². The monoisotopic (exact) mass is 466 g/mol. The van der Waals surface area contributed by atoms with Crippen LogP contribution in [-0.4, -0.2) is 21.4 Å². The Morgan fingerprint density at radius 1 is 1.03 bits per heavy atom. The van der Waals surface area contributed by atoms with E-state index >= 15 is 0 Å². The second-order valence-electron chi connectivity index (χ2n) is 7.19. The van der Waals surface area contributed by atoms with Gasteiger partial charge in [0.2, 0.25) is 5.91 Å². The molecule has 0 saturated heterocycles. The number of fused-ring (bicyclic) bond motifs is 1. The fourth-order valence-electron chi connectivity index (χ4n) is 3.29. The van der Waals surface area contributed by atoms with Gasteiger partial charge in [-0.15, -0.1) is 11.3 Å². The molecule has 0 aliphatic rings. The second kappa shape index (κ2) is 8.94. The van der Waals surface area contributed by atoms with E-state index in [1.54, 1.807) is 44.2 Å². The zero-order chi connectivity index (χ0) is 22.8. The van der Waals surface area contributed by atoms with Crippen LogP contribution in [0.1, 0.15) is 20.8 Å². The van der Waals surface area contributed by atoms with Crippen LogP contribution in [0.5, 0.6) is 0 Å². The molecule has 4 rings (SSSR count). The van der Waals surface area contributed by atoms with Gasteiger partial charge < -0.3 is 10.6 Å². The zero-order valence-corrected chi connectivity index (χ0v) is 18.9. The second-order valence-corrected chi connectivity index (χ2v) is 8.60. The van der Waals surface area contributed by atoms with E-state index in [0.29, 0.717) is 37.1 Å². The van der Waals surface area contributed by atoms with Crippen molar-refractivity contribution in [1.82, 2.24) is 9.55 Å². The molecule has 2 aromatic heterocycles. The summed E-state index contributed by atoms with van der Waals surface area (Å²) in [5, 5.41) is 6.47. The van der Waals surface area contributed by atoms with Crippen molar-refractivity contribution in [2.45, 2.75) is 20.4 Å². The first-order valence-corrected chi connectivity index (χ1v) is 10.9. The van der Waals surface area contributed by atoms with Gasteiger partial charge in [-0.3, -0.25) is 19.0 Å². The fourth-order valence-corrected chi connectivity index (χ4v) is 4.49. The third kappa shape index (κ3) is 4.28. The Bertz CT molecular complexity index is 1400. The van der Waals surface area contributed by atoms with Crippen molar-refractivity contribution in [3.63, 3.8) is 0 Å². The Hall–Kier alpha value is -3.49. The number of carbonyl (C=O) groups excluding carboxylic acids is 2. The lowest BCUT2D eigenvalue weighted by atomic mass is 10.2. The highest BCUT2D eigenvalue weighted by Crippen LogP contribution is 2.28. The lowest BCUT2D eigenvalue weighted by Crippen LogP contribution is -2.28. The summed E-state index contributed by atoms with van der Waals surface area (Å²) in [5.41, 5.74) is 2.15. The van der Waals surface area contributed by atoms with E-state index in [9.17, 15) is 14.4 Å². The van der Waals surface area contributed by atoms with Gasteiger partial charge in [0.25, 0.3) is 11.5 Å². The van der Waals surface area contributed by atoms with Crippen LogP contribution >= 0.6 is 22.9 Å². The van der Waals surface area contributed by atoms with Gasteiger partial charge in [0.15, 0.2) is 0 Å². The number of nitrogens with one attached hydrogen (secondary N) is 2. The number of amides is 2. The molecule has 0 saturated carbocycles. The Balaban J connectivity index is 1.59. The highest BCUT2D eigenvalue weighted by molar-refractivity contribution is 7.20. The zero-order valence-electron chi connectivity index (χ0n) is 17.3. The van der Waals surface area contributed by atoms with E-state index in [1.807, 2.05) is 18.2 Å². The van der Waals surface area contributed by atoms with Crippen LogP contribution < -0.4 is 16.2 Å². The van der Waals surface area contributed by atoms with Crippen molar-refractivity contribution in [3.8, 4) is 0 Å². The summed E-state index contributed by atoms with van der Waals surface area (Å²) in [6.45, 7) is 3.30. The number of benzene rings is 2. The molecule has 162 valence electrons. The van der Waals surface area contributed by atoms with Crippen LogP contribution in [0.4, 0.5) is 11.4 Å². The van der Waals surface area contributed by atoms with E-state index < -0.39 is 0 Å². The molecule has 0 aliphatic carbocycles. The average Bonchev–Trinajstić information content (AvgIpc) is 3.11. The smallest absolute Gasteiger partial charge is 0.266 e. The molecule has 0 unspecified atom stereocenters. The molecule has 0 fully saturated rings. The topological polar surface area (TPSA) is 93.1 Å². The molecule has 2 heterocycles. The molecule has 2 aromatic carbocycles. The number of aryl methyl sites for hydroxylation is 1. The molecule has 0 aliphatic heterocycles. The van der Waals surface area contributed by atoms with Gasteiger partial charge in [0.1, 0.15) is 11.4 Å². The lowest BCUT2D eigenvalue weighted by Gasteiger charge is -2.10. The van der Waals surface area contributed by atoms with Crippen molar-refractivity contribution >= 4 is 56.3 Å². The average molecular weight is 467 g/mol. The van der Waals surface area contributed by atoms with E-state index in [4.69, 9.17) is 11.6 Å². The quantitative estimate of drug-likeness (QED) is 0.449. The summed E-state index contributed by atoms with van der Waals surface area (Å²) in [5.74, 6) is -0.689. The molecule has 32 heavy (non-hydrogen) atoms. The van der Waals surface area contributed by atoms with Crippen LogP contribution in [0.3, 0.4) is 0 Å². The number of anilines is 2. The highest BCUT2D eigenvalue weighted by Gasteiger charge is 2.20. The Kier molecular flexibility index (Phi) is 6.07. The highest BCUT2D eigenvalue weighted by atomic mass is 35.5. The maximum absolute atomic E-state index is 13.0. The summed E-state index contributed by atoms with van der Waals surface area (Å²) < 4.78 is 1.23. The van der Waals surface area contributed by atoms with Crippen molar-refractivity contribution in [2.24, 2.45) is 0 Å². The first-order valence-electron chi connectivity index (χ1n) is 9.75. The van der Waals surface area contributed by atoms with Gasteiger partial charge >= 0.3 is 0 Å². The first-order chi connectivity index (χ1) is 15.3. The van der Waals surface area contributed by atoms with Gasteiger partial charge in [-0.1, -0.05) is 35.9 Å². The SMILES string of the molecule is Cc1c(Cl)cccc1NC(=O)Cn1cnc2sc(C(=O)Nc3ccccc3)c(C)c2c1=O. The van der Waals surface area contributed by atoms with Crippen LogP contribution in [-0.2, 0) is 11.3 Å². The molecule has 9 heteroatoms. The summed E-state index contributed by atoms with van der Waals surface area (Å²) in [4.78, 5) is 43.5. The number of hydrogen-bond acceptors (Lipinski definition) is 5. The van der Waals surface area contributed by atoms with Crippen molar-refractivity contribution in [2.75, 3.05) is 10.6 Å². The maximum atomic E-state index is 13.0. The molecule has 4 aromatic rings. The summed E-state index contributed by atoms with van der Waals surface area (Å²) >= 11 is 7.24. The molecule has 2 amide bonds. The number of halogens is 1. The summed E-state index contributed by atoms with van der Waals surface area (Å²) in [7, 11) is 0. The largest absolute Gasteiger partial charge is 0.324 e. The van der Waals surface area contributed by atoms with Gasteiger partial charge in [0, 0.05) is 16.4 Å². The summed E-state index contributed by atoms with van der Waals surface area (Å²) in [6.07, 6.45) is 1.32. The fraction of sp³-hybridized carbons (Fsp3) is 0.130. The third-order valence-electron chi connectivity index (χ3n) is 5.01. The van der Waals surface area contributed by atoms with Gasteiger partial charge in [0.05, 0.1) is 16.6 Å². The molecule has 0 spiro atoms. The number of thiophene rings is 1. The molecule has 0 atom stereocenters. The summed E-state index contributed by atoms with van der Waals surface area (Å²) in [6, 6.07) is 14.3. The van der Waals surface area contributed by atoms with E-state index in [-0.39, 0.29) is 23.9 Å². The minimum Gasteiger partial charge on any atom is -0.324 e. The molecule has 7 nitrogen and oxygen atoms in total. The van der Waals surface area contributed by atoms with E-state index in [0.717, 1.165) is 16.9 Å². The predicted molar refractivity (Wildman–Crippen MR) is 128 cm³/mol. The van der Waals surface area contributed by atoms with Crippen LogP contribution in [0, 0.1) is 13.8 Å².